The van der Waals surface area contributed by atoms with Crippen LogP contribution in [-0.4, -0.2) is 11.3 Å². The van der Waals surface area contributed by atoms with Crippen LogP contribution in [0.2, 0.25) is 0 Å². The van der Waals surface area contributed by atoms with Gasteiger partial charge in [0.05, 0.1) is 39.8 Å². The molecule has 0 spiro atoms. The first-order valence-corrected chi connectivity index (χ1v) is 19.5. The van der Waals surface area contributed by atoms with Gasteiger partial charge in [-0.3, -0.25) is 0 Å². The molecule has 0 radical (unpaired) electrons. The molecule has 1 aromatic heterocycles. The molecule has 0 unspecified atom stereocenters. The Balaban J connectivity index is 1.47. The van der Waals surface area contributed by atoms with Crippen molar-refractivity contribution >= 4 is 44.9 Å². The summed E-state index contributed by atoms with van der Waals surface area (Å²) in [5.74, 6) is -8.14. The van der Waals surface area contributed by atoms with E-state index in [1.165, 1.54) is 4.57 Å². The highest BCUT2D eigenvalue weighted by atomic mass is 19.3. The zero-order valence-corrected chi connectivity index (χ0v) is 32.8. The molecule has 0 aliphatic heterocycles. The molecule has 286 valence electrons. The van der Waals surface area contributed by atoms with Crippen LogP contribution in [-0.2, 0) is 11.8 Å². The van der Waals surface area contributed by atoms with Crippen LogP contribution in [0.5, 0.6) is 0 Å². The second kappa shape index (κ2) is 13.9. The Bertz CT molecular complexity index is 2910. The van der Waals surface area contributed by atoms with Crippen LogP contribution in [0.1, 0.15) is 50.9 Å². The van der Waals surface area contributed by atoms with Gasteiger partial charge in [-0.1, -0.05) is 142 Å². The number of benzene rings is 7. The van der Waals surface area contributed by atoms with E-state index in [0.717, 1.165) is 44.5 Å². The topological polar surface area (TPSA) is 52.5 Å². The quantitative estimate of drug-likeness (QED) is 0.125. The molecule has 8 heteroatoms. The van der Waals surface area contributed by atoms with Gasteiger partial charge in [0.25, 0.3) is 11.8 Å². The van der Waals surface area contributed by atoms with Crippen molar-refractivity contribution in [2.75, 3.05) is 0 Å². The third kappa shape index (κ3) is 5.85. The summed E-state index contributed by atoms with van der Waals surface area (Å²) in [4.78, 5) is 0. The molecule has 1 aliphatic rings. The minimum Gasteiger partial charge on any atom is -0.307 e. The van der Waals surface area contributed by atoms with Crippen molar-refractivity contribution in [2.45, 2.75) is 46.0 Å². The van der Waals surface area contributed by atoms with E-state index in [-0.39, 0.29) is 16.6 Å². The SMILES string of the molecule is Cc1cccc(C)c1B(c1c(C)cccc1C)c1c(C#N)c(C#N)c(-n2c3ccc(-c4ccccc4)cc3c3cc(-c4ccccc4)ccc32)c2c1C(F)(F)CC2(F)F. The summed E-state index contributed by atoms with van der Waals surface area (Å²) < 4.78 is 69.9. The molecule has 0 bridgehead atoms. The Morgan fingerprint density at radius 1 is 0.492 bits per heavy atom. The van der Waals surface area contributed by atoms with Gasteiger partial charge in [0.15, 0.2) is 0 Å². The first-order valence-electron chi connectivity index (χ1n) is 19.5. The second-order valence-electron chi connectivity index (χ2n) is 15.6. The molecule has 0 N–H and O–H groups in total. The fourth-order valence-electron chi connectivity index (χ4n) is 9.57. The van der Waals surface area contributed by atoms with E-state index >= 15 is 17.6 Å². The van der Waals surface area contributed by atoms with Gasteiger partial charge in [-0.2, -0.15) is 10.5 Å². The molecular weight excluding hydrogens is 741 g/mol. The van der Waals surface area contributed by atoms with Gasteiger partial charge >= 0.3 is 0 Å². The van der Waals surface area contributed by atoms with Gasteiger partial charge in [-0.15, -0.1) is 0 Å². The third-order valence-corrected chi connectivity index (χ3v) is 12.1. The summed E-state index contributed by atoms with van der Waals surface area (Å²) in [6.45, 7) is 6.35. The van der Waals surface area contributed by atoms with Gasteiger partial charge < -0.3 is 4.57 Å². The normalized spacial score (nSPS) is 13.9. The first-order chi connectivity index (χ1) is 28.4. The molecule has 0 atom stereocenters. The van der Waals surface area contributed by atoms with E-state index in [9.17, 15) is 10.5 Å². The number of hydrogen-bond donors (Lipinski definition) is 0. The Morgan fingerprint density at radius 2 is 0.915 bits per heavy atom. The molecule has 7 aromatic carbocycles. The van der Waals surface area contributed by atoms with Gasteiger partial charge in [0.2, 0.25) is 6.71 Å². The molecule has 1 heterocycles. The standard InChI is InChI=1S/C51H36BF4N3/c1-30-13-11-14-31(2)46(30)52(47-32(3)15-12-16-33(47)4)48-40(27-57)41(28-58)49(45-44(48)50(53,54)29-51(45,55)56)59-42-23-21-36(34-17-7-5-8-18-34)25-38(42)39-26-37(22-24-43(39)59)35-19-9-6-10-20-35/h5-26H,29H2,1-4H3. The van der Waals surface area contributed by atoms with Gasteiger partial charge in [-0.25, -0.2) is 17.6 Å². The average molecular weight is 778 g/mol. The fraction of sp³-hybridized carbons (Fsp3) is 0.137. The molecule has 3 nitrogen and oxygen atoms in total. The largest absolute Gasteiger partial charge is 0.307 e. The highest BCUT2D eigenvalue weighted by molar-refractivity contribution is 6.97. The van der Waals surface area contributed by atoms with Crippen LogP contribution in [0.25, 0.3) is 49.7 Å². The van der Waals surface area contributed by atoms with E-state index in [4.69, 9.17) is 0 Å². The molecule has 0 fully saturated rings. The number of halogens is 4. The summed E-state index contributed by atoms with van der Waals surface area (Å²) in [7, 11) is 0. The van der Waals surface area contributed by atoms with Gasteiger partial charge in [0.1, 0.15) is 12.1 Å². The predicted molar refractivity (Wildman–Crippen MR) is 230 cm³/mol. The lowest BCUT2D eigenvalue weighted by molar-refractivity contribution is -0.0921. The molecule has 1 aliphatic carbocycles. The molecule has 9 rings (SSSR count). The Kier molecular flexibility index (Phi) is 8.87. The highest BCUT2D eigenvalue weighted by Gasteiger charge is 2.60. The zero-order valence-electron chi connectivity index (χ0n) is 32.8. The molecule has 0 amide bonds. The maximum absolute atomic E-state index is 17.1. The molecule has 59 heavy (non-hydrogen) atoms. The fourth-order valence-corrected chi connectivity index (χ4v) is 9.57. The number of hydrogen-bond acceptors (Lipinski definition) is 2. The van der Waals surface area contributed by atoms with Crippen molar-refractivity contribution in [1.82, 2.24) is 4.57 Å². The Labute approximate surface area is 340 Å². The van der Waals surface area contributed by atoms with Gasteiger partial charge in [0, 0.05) is 16.3 Å². The lowest BCUT2D eigenvalue weighted by atomic mass is 9.32. The van der Waals surface area contributed by atoms with Crippen molar-refractivity contribution < 1.29 is 17.6 Å². The van der Waals surface area contributed by atoms with Crippen LogP contribution in [0.3, 0.4) is 0 Å². The maximum Gasteiger partial charge on any atom is 0.281 e. The third-order valence-electron chi connectivity index (χ3n) is 12.1. The molecular formula is C51H36BF4N3. The van der Waals surface area contributed by atoms with E-state index in [1.807, 2.05) is 149 Å². The van der Waals surface area contributed by atoms with Crippen molar-refractivity contribution in [2.24, 2.45) is 0 Å². The zero-order chi connectivity index (χ0) is 41.4. The minimum absolute atomic E-state index is 0.252. The van der Waals surface area contributed by atoms with Crippen LogP contribution >= 0.6 is 0 Å². The molecule has 0 saturated carbocycles. The van der Waals surface area contributed by atoms with E-state index in [1.54, 1.807) is 12.1 Å². The van der Waals surface area contributed by atoms with Crippen molar-refractivity contribution in [3.8, 4) is 40.1 Å². The number of nitriles is 2. The average Bonchev–Trinajstić information content (AvgIpc) is 3.64. The lowest BCUT2D eigenvalue weighted by Crippen LogP contribution is -2.58. The smallest absolute Gasteiger partial charge is 0.281 e. The lowest BCUT2D eigenvalue weighted by Gasteiger charge is -2.29. The van der Waals surface area contributed by atoms with Crippen molar-refractivity contribution in [1.29, 1.82) is 10.5 Å². The Hall–Kier alpha value is -6.90. The summed E-state index contributed by atoms with van der Waals surface area (Å²) >= 11 is 0. The molecule has 0 saturated heterocycles. The number of aromatic nitrogens is 1. The molecule has 8 aromatic rings. The maximum atomic E-state index is 17.1. The van der Waals surface area contributed by atoms with Crippen LogP contribution in [0, 0.1) is 50.4 Å². The number of rotatable bonds is 6. The van der Waals surface area contributed by atoms with E-state index < -0.39 is 41.8 Å². The summed E-state index contributed by atoms with van der Waals surface area (Å²) in [5, 5.41) is 23.8. The highest BCUT2D eigenvalue weighted by Crippen LogP contribution is 2.57. The number of alkyl halides is 4. The van der Waals surface area contributed by atoms with Gasteiger partial charge in [-0.05, 0) is 79.7 Å². The summed E-state index contributed by atoms with van der Waals surface area (Å²) in [6.07, 6.45) is -1.80. The van der Waals surface area contributed by atoms with Crippen LogP contribution < -0.4 is 16.4 Å². The Morgan fingerprint density at radius 3 is 1.34 bits per heavy atom. The number of fused-ring (bicyclic) bond motifs is 4. The number of aryl methyl sites for hydroxylation is 4. The van der Waals surface area contributed by atoms with E-state index in [0.29, 0.717) is 32.7 Å². The van der Waals surface area contributed by atoms with Crippen molar-refractivity contribution in [3.63, 3.8) is 0 Å². The summed E-state index contributed by atoms with van der Waals surface area (Å²) in [6, 6.07) is 46.1. The van der Waals surface area contributed by atoms with Crippen LogP contribution in [0.15, 0.2) is 133 Å². The monoisotopic (exact) mass is 777 g/mol. The first kappa shape index (κ1) is 37.7. The van der Waals surface area contributed by atoms with E-state index in [2.05, 4.69) is 12.1 Å². The predicted octanol–water partition coefficient (Wildman–Crippen LogP) is 11.2. The second-order valence-corrected chi connectivity index (χ2v) is 15.6. The minimum atomic E-state index is -4.08. The number of nitrogens with zero attached hydrogens (tertiary/aromatic N) is 3. The van der Waals surface area contributed by atoms with Crippen molar-refractivity contribution in [3.05, 3.63) is 178 Å². The van der Waals surface area contributed by atoms with Crippen LogP contribution in [0.4, 0.5) is 17.6 Å². The summed E-state index contributed by atoms with van der Waals surface area (Å²) in [5.41, 5.74) is 5.53.